The van der Waals surface area contributed by atoms with Crippen LogP contribution < -0.4 is 10.5 Å². The van der Waals surface area contributed by atoms with Crippen LogP contribution in [-0.4, -0.2) is 26.4 Å². The van der Waals surface area contributed by atoms with Crippen LogP contribution >= 0.6 is 0 Å². The van der Waals surface area contributed by atoms with E-state index in [1.54, 1.807) is 0 Å². The van der Waals surface area contributed by atoms with E-state index in [4.69, 9.17) is 5.14 Å². The third kappa shape index (κ3) is 3.47. The van der Waals surface area contributed by atoms with Gasteiger partial charge in [0.25, 0.3) is 0 Å². The molecular formula is C10H9F5N2O3S. The highest BCUT2D eigenvalue weighted by Gasteiger charge is 2.63. The van der Waals surface area contributed by atoms with E-state index in [1.165, 1.54) is 5.32 Å². The number of alkyl halides is 5. The number of anilines is 1. The Bertz CT molecular complexity index is 670. The minimum Gasteiger partial charge on any atom is -0.320 e. The van der Waals surface area contributed by atoms with Gasteiger partial charge in [0.2, 0.25) is 10.0 Å². The summed E-state index contributed by atoms with van der Waals surface area (Å²) in [5, 5.41) is 6.18. The van der Waals surface area contributed by atoms with Crippen LogP contribution in [0.5, 0.6) is 0 Å². The third-order valence-electron chi connectivity index (χ3n) is 2.48. The molecule has 0 bridgehead atoms. The number of nitrogens with two attached hydrogens (primary N) is 1. The second-order valence-corrected chi connectivity index (χ2v) is 5.53. The van der Waals surface area contributed by atoms with Crippen molar-refractivity contribution < 1.29 is 35.2 Å². The maximum atomic E-state index is 12.8. The van der Waals surface area contributed by atoms with Crippen molar-refractivity contribution in [2.45, 2.75) is 23.9 Å². The fraction of sp³-hybridized carbons (Fsp3) is 0.300. The van der Waals surface area contributed by atoms with Crippen LogP contribution in [0.4, 0.5) is 27.6 Å². The Morgan fingerprint density at radius 2 is 1.71 bits per heavy atom. The van der Waals surface area contributed by atoms with Gasteiger partial charge in [0.15, 0.2) is 0 Å². The van der Waals surface area contributed by atoms with Gasteiger partial charge in [-0.3, -0.25) is 4.79 Å². The molecule has 0 aliphatic heterocycles. The van der Waals surface area contributed by atoms with E-state index in [9.17, 15) is 35.2 Å². The Morgan fingerprint density at radius 1 is 1.19 bits per heavy atom. The van der Waals surface area contributed by atoms with Crippen molar-refractivity contribution in [2.75, 3.05) is 5.32 Å². The Kier molecular flexibility index (Phi) is 4.30. The number of rotatable bonds is 3. The third-order valence-corrected chi connectivity index (χ3v) is 3.54. The average molecular weight is 332 g/mol. The highest BCUT2D eigenvalue weighted by Crippen LogP contribution is 2.36. The summed E-state index contributed by atoms with van der Waals surface area (Å²) in [6.45, 7) is 1.10. The van der Waals surface area contributed by atoms with Gasteiger partial charge in [0.1, 0.15) is 0 Å². The van der Waals surface area contributed by atoms with Gasteiger partial charge in [0.05, 0.1) is 4.90 Å². The van der Waals surface area contributed by atoms with E-state index < -0.39 is 38.6 Å². The molecule has 0 atom stereocenters. The number of hydrogen-bond donors (Lipinski definition) is 2. The van der Waals surface area contributed by atoms with Gasteiger partial charge in [0, 0.05) is 5.69 Å². The molecule has 5 nitrogen and oxygen atoms in total. The average Bonchev–Trinajstić information content (AvgIpc) is 2.28. The van der Waals surface area contributed by atoms with Crippen LogP contribution in [0.15, 0.2) is 23.1 Å². The van der Waals surface area contributed by atoms with Crippen LogP contribution in [0.3, 0.4) is 0 Å². The molecule has 0 aliphatic carbocycles. The lowest BCUT2D eigenvalue weighted by Gasteiger charge is -2.19. The fourth-order valence-electron chi connectivity index (χ4n) is 1.39. The van der Waals surface area contributed by atoms with Gasteiger partial charge < -0.3 is 5.32 Å². The van der Waals surface area contributed by atoms with E-state index in [0.29, 0.717) is 0 Å². The van der Waals surface area contributed by atoms with E-state index >= 15 is 0 Å². The first-order valence-corrected chi connectivity index (χ1v) is 6.71. The molecule has 0 saturated heterocycles. The summed E-state index contributed by atoms with van der Waals surface area (Å²) >= 11 is 0. The summed E-state index contributed by atoms with van der Waals surface area (Å²) in [6, 6.07) is 3.02. The molecule has 0 saturated carbocycles. The lowest BCUT2D eigenvalue weighted by atomic mass is 10.2. The summed E-state index contributed by atoms with van der Waals surface area (Å²) in [7, 11) is -4.22. The van der Waals surface area contributed by atoms with Gasteiger partial charge in [-0.2, -0.15) is 22.0 Å². The molecule has 1 rings (SSSR count). The summed E-state index contributed by atoms with van der Waals surface area (Å²) in [4.78, 5) is 10.5. The summed E-state index contributed by atoms with van der Waals surface area (Å²) in [5.41, 5.74) is -0.776. The van der Waals surface area contributed by atoms with Gasteiger partial charge in [-0.1, -0.05) is 6.07 Å². The zero-order valence-corrected chi connectivity index (χ0v) is 11.1. The molecule has 1 amide bonds. The Balaban J connectivity index is 3.20. The van der Waals surface area contributed by atoms with Crippen molar-refractivity contribution in [1.82, 2.24) is 0 Å². The number of benzene rings is 1. The molecule has 0 radical (unpaired) electrons. The predicted molar refractivity (Wildman–Crippen MR) is 62.2 cm³/mol. The Labute approximate surface area is 116 Å². The number of halogens is 5. The van der Waals surface area contributed by atoms with E-state index in [1.807, 2.05) is 0 Å². The smallest absolute Gasteiger partial charge is 0.320 e. The van der Waals surface area contributed by atoms with E-state index in [0.717, 1.165) is 25.1 Å². The fourth-order valence-corrected chi connectivity index (χ4v) is 2.19. The largest absolute Gasteiger partial charge is 0.463 e. The van der Waals surface area contributed by atoms with Crippen LogP contribution in [0, 0.1) is 6.92 Å². The quantitative estimate of drug-likeness (QED) is 0.827. The molecule has 3 N–H and O–H groups in total. The number of sulfonamides is 1. The second kappa shape index (κ2) is 5.22. The Hall–Kier alpha value is -1.75. The van der Waals surface area contributed by atoms with Crippen LogP contribution in [-0.2, 0) is 14.8 Å². The molecule has 0 unspecified atom stereocenters. The highest BCUT2D eigenvalue weighted by molar-refractivity contribution is 7.89. The molecule has 1 aromatic carbocycles. The summed E-state index contributed by atoms with van der Waals surface area (Å²) in [6.07, 6.45) is -6.07. The molecule has 0 spiro atoms. The monoisotopic (exact) mass is 332 g/mol. The first-order chi connectivity index (χ1) is 9.28. The number of nitrogens with one attached hydrogen (secondary N) is 1. The van der Waals surface area contributed by atoms with E-state index in [2.05, 4.69) is 0 Å². The molecule has 0 fully saturated rings. The predicted octanol–water partition coefficient (Wildman–Crippen LogP) is 1.78. The molecule has 0 heterocycles. The zero-order chi connectivity index (χ0) is 16.6. The topological polar surface area (TPSA) is 89.3 Å². The Morgan fingerprint density at radius 3 is 2.14 bits per heavy atom. The number of primary sulfonamides is 1. The van der Waals surface area contributed by atoms with Crippen molar-refractivity contribution in [3.8, 4) is 0 Å². The minimum absolute atomic E-state index is 0.258. The number of carbonyl (C=O) groups excluding carboxylic acids is 1. The SMILES string of the molecule is Cc1c(NC(=O)C(F)(F)C(F)(F)F)cccc1S(N)(=O)=O. The van der Waals surface area contributed by atoms with Gasteiger partial charge in [-0.15, -0.1) is 0 Å². The number of hydrogen-bond acceptors (Lipinski definition) is 3. The lowest BCUT2D eigenvalue weighted by Crippen LogP contribution is -2.47. The molecular weight excluding hydrogens is 323 g/mol. The zero-order valence-electron chi connectivity index (χ0n) is 10.3. The molecule has 11 heteroatoms. The number of carbonyl (C=O) groups is 1. The van der Waals surface area contributed by atoms with Crippen molar-refractivity contribution in [2.24, 2.45) is 5.14 Å². The van der Waals surface area contributed by atoms with Crippen molar-refractivity contribution in [3.63, 3.8) is 0 Å². The van der Waals surface area contributed by atoms with Crippen LogP contribution in [0.1, 0.15) is 5.56 Å². The van der Waals surface area contributed by atoms with Crippen molar-refractivity contribution in [3.05, 3.63) is 23.8 Å². The van der Waals surface area contributed by atoms with Gasteiger partial charge in [-0.05, 0) is 24.6 Å². The summed E-state index contributed by atoms with van der Waals surface area (Å²) in [5.74, 6) is -8.23. The first-order valence-electron chi connectivity index (χ1n) is 5.17. The molecule has 0 aromatic heterocycles. The maximum Gasteiger partial charge on any atom is 0.463 e. The molecule has 0 aliphatic rings. The minimum atomic E-state index is -6.07. The van der Waals surface area contributed by atoms with Gasteiger partial charge in [-0.25, -0.2) is 13.6 Å². The van der Waals surface area contributed by atoms with Crippen LogP contribution in [0.2, 0.25) is 0 Å². The lowest BCUT2D eigenvalue weighted by molar-refractivity contribution is -0.267. The molecule has 118 valence electrons. The maximum absolute atomic E-state index is 12.8. The molecule has 21 heavy (non-hydrogen) atoms. The first kappa shape index (κ1) is 17.3. The van der Waals surface area contributed by atoms with Gasteiger partial charge >= 0.3 is 18.0 Å². The standard InChI is InChI=1S/C10H9F5N2O3S/c1-5-6(3-2-4-7(5)21(16,19)20)17-8(18)9(11,12)10(13,14)15/h2-4H,1H3,(H,17,18)(H2,16,19,20). The van der Waals surface area contributed by atoms with E-state index in [-0.39, 0.29) is 5.56 Å². The second-order valence-electron chi connectivity index (χ2n) is 4.00. The normalized spacial score (nSPS) is 13.1. The van der Waals surface area contributed by atoms with Crippen LogP contribution in [0.25, 0.3) is 0 Å². The number of amides is 1. The molecule has 1 aromatic rings. The highest BCUT2D eigenvalue weighted by atomic mass is 32.2. The summed E-state index contributed by atoms with van der Waals surface area (Å²) < 4.78 is 84.0. The van der Waals surface area contributed by atoms with Crippen molar-refractivity contribution in [1.29, 1.82) is 0 Å². The van der Waals surface area contributed by atoms with Crippen molar-refractivity contribution >= 4 is 21.6 Å².